The molecule has 1 atom stereocenters. The van der Waals surface area contributed by atoms with E-state index in [1.807, 2.05) is 12.4 Å². The number of nitrogens with one attached hydrogen (secondary N) is 2. The zero-order valence-electron chi connectivity index (χ0n) is 12.4. The van der Waals surface area contributed by atoms with E-state index in [9.17, 15) is 0 Å². The van der Waals surface area contributed by atoms with Gasteiger partial charge in [-0.2, -0.15) is 0 Å². The van der Waals surface area contributed by atoms with Crippen molar-refractivity contribution >= 4 is 0 Å². The van der Waals surface area contributed by atoms with Gasteiger partial charge in [0.15, 0.2) is 0 Å². The summed E-state index contributed by atoms with van der Waals surface area (Å²) in [6.45, 7) is 9.45. The Morgan fingerprint density at radius 2 is 2.26 bits per heavy atom. The third kappa shape index (κ3) is 4.62. The molecular formula is C15H28N4. The fourth-order valence-corrected chi connectivity index (χ4v) is 3.01. The molecule has 2 N–H and O–H groups in total. The second-order valence-electron chi connectivity index (χ2n) is 5.71. The molecule has 1 aromatic rings. The lowest BCUT2D eigenvalue weighted by atomic mass is 9.90. The van der Waals surface area contributed by atoms with Crippen LogP contribution in [0.25, 0.3) is 0 Å². The van der Waals surface area contributed by atoms with Crippen molar-refractivity contribution in [3.8, 4) is 0 Å². The maximum atomic E-state index is 4.25. The van der Waals surface area contributed by atoms with E-state index in [1.54, 1.807) is 0 Å². The minimum absolute atomic E-state index is 0.624. The molecule has 1 aromatic heterocycles. The molecule has 0 aromatic carbocycles. The van der Waals surface area contributed by atoms with Gasteiger partial charge in [-0.15, -0.1) is 0 Å². The van der Waals surface area contributed by atoms with Crippen LogP contribution in [0, 0.1) is 5.92 Å². The lowest BCUT2D eigenvalue weighted by Crippen LogP contribution is -2.42. The number of hydrogen-bond acceptors (Lipinski definition) is 3. The van der Waals surface area contributed by atoms with E-state index in [0.29, 0.717) is 6.04 Å². The first-order chi connectivity index (χ1) is 9.29. The first-order valence-corrected chi connectivity index (χ1v) is 7.73. The molecule has 2 heterocycles. The lowest BCUT2D eigenvalue weighted by molar-refractivity contribution is 0.163. The standard InChI is InChI=1S/C15H28N4/c1-3-10-19-11-5-14(6-12-19)13(2)16-7-4-15-17-8-9-18-15/h8-9,13-14,16H,3-7,10-12H2,1-2H3,(H,17,18). The van der Waals surface area contributed by atoms with E-state index < -0.39 is 0 Å². The van der Waals surface area contributed by atoms with Gasteiger partial charge in [-0.25, -0.2) is 4.98 Å². The molecule has 0 amide bonds. The number of rotatable bonds is 7. The second kappa shape index (κ2) is 7.65. The van der Waals surface area contributed by atoms with Crippen LogP contribution in [0.15, 0.2) is 12.4 Å². The van der Waals surface area contributed by atoms with Crippen LogP contribution in [0.2, 0.25) is 0 Å². The number of piperidine rings is 1. The Hall–Kier alpha value is -0.870. The monoisotopic (exact) mass is 264 g/mol. The van der Waals surface area contributed by atoms with Crippen LogP contribution in [0.1, 0.15) is 38.9 Å². The normalized spacial score (nSPS) is 19.7. The summed E-state index contributed by atoms with van der Waals surface area (Å²) in [6, 6.07) is 0.624. The lowest BCUT2D eigenvalue weighted by Gasteiger charge is -2.35. The molecule has 0 saturated carbocycles. The number of aromatic amines is 1. The number of likely N-dealkylation sites (tertiary alicyclic amines) is 1. The summed E-state index contributed by atoms with van der Waals surface area (Å²) in [4.78, 5) is 10.0. The molecule has 0 radical (unpaired) electrons. The Balaban J connectivity index is 1.62. The fraction of sp³-hybridized carbons (Fsp3) is 0.800. The largest absolute Gasteiger partial charge is 0.349 e. The highest BCUT2D eigenvalue weighted by atomic mass is 15.1. The fourth-order valence-electron chi connectivity index (χ4n) is 3.01. The van der Waals surface area contributed by atoms with Gasteiger partial charge in [0, 0.05) is 31.4 Å². The zero-order valence-corrected chi connectivity index (χ0v) is 12.4. The smallest absolute Gasteiger partial charge is 0.107 e. The summed E-state index contributed by atoms with van der Waals surface area (Å²) in [7, 11) is 0. The van der Waals surface area contributed by atoms with Crippen LogP contribution in [0.3, 0.4) is 0 Å². The van der Waals surface area contributed by atoms with Crippen molar-refractivity contribution in [2.24, 2.45) is 5.92 Å². The van der Waals surface area contributed by atoms with Crippen LogP contribution in [-0.2, 0) is 6.42 Å². The molecule has 4 heteroatoms. The van der Waals surface area contributed by atoms with Gasteiger partial charge in [-0.05, 0) is 51.7 Å². The summed E-state index contributed by atoms with van der Waals surface area (Å²) < 4.78 is 0. The molecule has 0 spiro atoms. The Morgan fingerprint density at radius 3 is 2.89 bits per heavy atom. The minimum atomic E-state index is 0.624. The average Bonchev–Trinajstić information content (AvgIpc) is 2.93. The van der Waals surface area contributed by atoms with E-state index >= 15 is 0 Å². The summed E-state index contributed by atoms with van der Waals surface area (Å²) in [5.41, 5.74) is 0. The minimum Gasteiger partial charge on any atom is -0.349 e. The van der Waals surface area contributed by atoms with Crippen molar-refractivity contribution in [2.45, 2.75) is 45.6 Å². The van der Waals surface area contributed by atoms with Gasteiger partial charge < -0.3 is 15.2 Å². The van der Waals surface area contributed by atoms with Crippen molar-refractivity contribution in [3.05, 3.63) is 18.2 Å². The van der Waals surface area contributed by atoms with Gasteiger partial charge in [-0.3, -0.25) is 0 Å². The van der Waals surface area contributed by atoms with Crippen LogP contribution >= 0.6 is 0 Å². The third-order valence-electron chi connectivity index (χ3n) is 4.26. The maximum absolute atomic E-state index is 4.25. The van der Waals surface area contributed by atoms with E-state index in [-0.39, 0.29) is 0 Å². The molecule has 2 rings (SSSR count). The van der Waals surface area contributed by atoms with Gasteiger partial charge in [0.25, 0.3) is 0 Å². The predicted molar refractivity (Wildman–Crippen MR) is 79.2 cm³/mol. The van der Waals surface area contributed by atoms with Crippen LogP contribution in [0.5, 0.6) is 0 Å². The highest BCUT2D eigenvalue weighted by Crippen LogP contribution is 2.20. The van der Waals surface area contributed by atoms with Crippen LogP contribution < -0.4 is 5.32 Å². The zero-order chi connectivity index (χ0) is 13.5. The summed E-state index contributed by atoms with van der Waals surface area (Å²) in [5.74, 6) is 1.92. The number of imidazole rings is 1. The molecule has 1 aliphatic rings. The molecule has 0 aliphatic carbocycles. The Labute approximate surface area is 117 Å². The first-order valence-electron chi connectivity index (χ1n) is 7.73. The van der Waals surface area contributed by atoms with Crippen molar-refractivity contribution in [1.29, 1.82) is 0 Å². The molecule has 1 saturated heterocycles. The molecule has 1 unspecified atom stereocenters. The molecule has 0 bridgehead atoms. The highest BCUT2D eigenvalue weighted by molar-refractivity contribution is 4.88. The molecule has 19 heavy (non-hydrogen) atoms. The number of H-pyrrole nitrogens is 1. The predicted octanol–water partition coefficient (Wildman–Crippen LogP) is 2.05. The topological polar surface area (TPSA) is 44.0 Å². The number of hydrogen-bond donors (Lipinski definition) is 2. The van der Waals surface area contributed by atoms with E-state index in [2.05, 4.69) is 34.0 Å². The molecular weight excluding hydrogens is 236 g/mol. The summed E-state index contributed by atoms with van der Waals surface area (Å²) in [6.07, 6.45) is 8.67. The van der Waals surface area contributed by atoms with Gasteiger partial charge in [0.2, 0.25) is 0 Å². The van der Waals surface area contributed by atoms with Crippen LogP contribution in [0.4, 0.5) is 0 Å². The van der Waals surface area contributed by atoms with Gasteiger partial charge in [0.05, 0.1) is 0 Å². The molecule has 1 aliphatic heterocycles. The SMILES string of the molecule is CCCN1CCC(C(C)NCCc2ncc[nH]2)CC1. The number of aromatic nitrogens is 2. The second-order valence-corrected chi connectivity index (χ2v) is 5.71. The van der Waals surface area contributed by atoms with E-state index in [1.165, 1.54) is 38.9 Å². The summed E-state index contributed by atoms with van der Waals surface area (Å²) in [5, 5.41) is 3.66. The van der Waals surface area contributed by atoms with E-state index in [4.69, 9.17) is 0 Å². The van der Waals surface area contributed by atoms with Gasteiger partial charge in [-0.1, -0.05) is 6.92 Å². The van der Waals surface area contributed by atoms with Crippen molar-refractivity contribution in [3.63, 3.8) is 0 Å². The van der Waals surface area contributed by atoms with Gasteiger partial charge in [0.1, 0.15) is 5.82 Å². The highest BCUT2D eigenvalue weighted by Gasteiger charge is 2.22. The van der Waals surface area contributed by atoms with Crippen molar-refractivity contribution in [2.75, 3.05) is 26.2 Å². The summed E-state index contributed by atoms with van der Waals surface area (Å²) >= 11 is 0. The Morgan fingerprint density at radius 1 is 1.47 bits per heavy atom. The van der Waals surface area contributed by atoms with Crippen molar-refractivity contribution < 1.29 is 0 Å². The van der Waals surface area contributed by atoms with Gasteiger partial charge >= 0.3 is 0 Å². The molecule has 4 nitrogen and oxygen atoms in total. The maximum Gasteiger partial charge on any atom is 0.107 e. The molecule has 1 fully saturated rings. The molecule has 108 valence electrons. The van der Waals surface area contributed by atoms with Crippen LogP contribution in [-0.4, -0.2) is 47.1 Å². The Bertz CT molecular complexity index is 328. The Kier molecular flexibility index (Phi) is 5.86. The average molecular weight is 264 g/mol. The van der Waals surface area contributed by atoms with Crippen molar-refractivity contribution in [1.82, 2.24) is 20.2 Å². The third-order valence-corrected chi connectivity index (χ3v) is 4.26. The van der Waals surface area contributed by atoms with E-state index in [0.717, 1.165) is 24.7 Å². The first kappa shape index (κ1) is 14.5. The quantitative estimate of drug-likeness (QED) is 0.792. The number of nitrogens with zero attached hydrogens (tertiary/aromatic N) is 2.